The third-order valence-corrected chi connectivity index (χ3v) is 1.56. The van der Waals surface area contributed by atoms with Crippen LogP contribution in [0.3, 0.4) is 0 Å². The zero-order valence-corrected chi connectivity index (χ0v) is 8.13. The summed E-state index contributed by atoms with van der Waals surface area (Å²) in [5.41, 5.74) is 0. The summed E-state index contributed by atoms with van der Waals surface area (Å²) in [4.78, 5) is 21.6. The lowest BCUT2D eigenvalue weighted by Gasteiger charge is -2.17. The molecule has 0 heterocycles. The van der Waals surface area contributed by atoms with E-state index >= 15 is 0 Å². The van der Waals surface area contributed by atoms with Crippen LogP contribution >= 0.6 is 0 Å². The molecule has 0 aliphatic heterocycles. The van der Waals surface area contributed by atoms with Gasteiger partial charge < -0.3 is 15.7 Å². The van der Waals surface area contributed by atoms with E-state index in [0.29, 0.717) is 6.54 Å². The Morgan fingerprint density at radius 1 is 1.38 bits per heavy atom. The van der Waals surface area contributed by atoms with Gasteiger partial charge in [-0.15, -0.1) is 0 Å². The Morgan fingerprint density at radius 2 is 1.92 bits per heavy atom. The minimum atomic E-state index is -1.01. The van der Waals surface area contributed by atoms with Crippen molar-refractivity contribution in [1.82, 2.24) is 10.6 Å². The van der Waals surface area contributed by atoms with Gasteiger partial charge in [-0.2, -0.15) is 0 Å². The van der Waals surface area contributed by atoms with Gasteiger partial charge in [0.1, 0.15) is 6.04 Å². The first-order valence-corrected chi connectivity index (χ1v) is 4.26. The van der Waals surface area contributed by atoms with Gasteiger partial charge in [0.2, 0.25) is 0 Å². The Bertz CT molecular complexity index is 192. The van der Waals surface area contributed by atoms with Gasteiger partial charge in [0.25, 0.3) is 0 Å². The van der Waals surface area contributed by atoms with E-state index < -0.39 is 18.0 Å². The summed E-state index contributed by atoms with van der Waals surface area (Å²) in [6.45, 7) is 5.73. The topological polar surface area (TPSA) is 78.4 Å². The van der Waals surface area contributed by atoms with Gasteiger partial charge >= 0.3 is 12.0 Å². The largest absolute Gasteiger partial charge is 0.480 e. The highest BCUT2D eigenvalue weighted by Crippen LogP contribution is 2.00. The molecular formula is C8H16N2O3. The van der Waals surface area contributed by atoms with Crippen LogP contribution in [0.4, 0.5) is 4.79 Å². The molecule has 1 unspecified atom stereocenters. The van der Waals surface area contributed by atoms with Crippen LogP contribution < -0.4 is 10.6 Å². The van der Waals surface area contributed by atoms with Crippen molar-refractivity contribution in [3.05, 3.63) is 0 Å². The van der Waals surface area contributed by atoms with Crippen molar-refractivity contribution in [3.8, 4) is 0 Å². The molecule has 5 nitrogen and oxygen atoms in total. The lowest BCUT2D eigenvalue weighted by atomic mass is 10.1. The van der Waals surface area contributed by atoms with E-state index in [0.717, 1.165) is 0 Å². The molecule has 0 spiro atoms. The van der Waals surface area contributed by atoms with Crippen LogP contribution in [0, 0.1) is 5.92 Å². The number of carboxylic acids is 1. The fraction of sp³-hybridized carbons (Fsp3) is 0.750. The quantitative estimate of drug-likeness (QED) is 0.598. The summed E-state index contributed by atoms with van der Waals surface area (Å²) in [5.74, 6) is -1.14. The average molecular weight is 188 g/mol. The van der Waals surface area contributed by atoms with Crippen LogP contribution in [0.2, 0.25) is 0 Å². The molecule has 0 radical (unpaired) electrons. The first-order valence-electron chi connectivity index (χ1n) is 4.26. The van der Waals surface area contributed by atoms with E-state index in [2.05, 4.69) is 10.6 Å². The Balaban J connectivity index is 4.10. The number of rotatable bonds is 4. The molecule has 0 bridgehead atoms. The first-order chi connectivity index (χ1) is 5.99. The molecule has 0 aliphatic carbocycles. The van der Waals surface area contributed by atoms with Gasteiger partial charge in [-0.25, -0.2) is 9.59 Å². The highest BCUT2D eigenvalue weighted by atomic mass is 16.4. The number of urea groups is 1. The Labute approximate surface area is 77.5 Å². The van der Waals surface area contributed by atoms with Gasteiger partial charge in [-0.1, -0.05) is 13.8 Å². The maximum absolute atomic E-state index is 11.0. The van der Waals surface area contributed by atoms with Gasteiger partial charge in [0, 0.05) is 6.54 Å². The molecule has 1 atom stereocenters. The molecule has 0 fully saturated rings. The molecule has 0 aliphatic rings. The van der Waals surface area contributed by atoms with E-state index in [1.807, 2.05) is 0 Å². The summed E-state index contributed by atoms with van der Waals surface area (Å²) in [6.07, 6.45) is 0. The lowest BCUT2D eigenvalue weighted by molar-refractivity contribution is -0.140. The van der Waals surface area contributed by atoms with E-state index in [4.69, 9.17) is 5.11 Å². The summed E-state index contributed by atoms with van der Waals surface area (Å²) in [6, 6.07) is -1.27. The van der Waals surface area contributed by atoms with E-state index in [1.165, 1.54) is 0 Å². The lowest BCUT2D eigenvalue weighted by Crippen LogP contribution is -2.48. The summed E-state index contributed by atoms with van der Waals surface area (Å²) >= 11 is 0. The molecule has 0 saturated carbocycles. The SMILES string of the molecule is CCNC(=O)NC(C(=O)O)C(C)C. The number of nitrogens with one attached hydrogen (secondary N) is 2. The highest BCUT2D eigenvalue weighted by Gasteiger charge is 2.22. The van der Waals surface area contributed by atoms with Crippen LogP contribution in [-0.4, -0.2) is 29.7 Å². The molecule has 0 rings (SSSR count). The average Bonchev–Trinajstić information content (AvgIpc) is 1.99. The molecule has 2 amide bonds. The van der Waals surface area contributed by atoms with Crippen LogP contribution in [0.1, 0.15) is 20.8 Å². The van der Waals surface area contributed by atoms with Crippen molar-refractivity contribution in [3.63, 3.8) is 0 Å². The summed E-state index contributed by atoms with van der Waals surface area (Å²) in [7, 11) is 0. The molecule has 0 aromatic carbocycles. The van der Waals surface area contributed by atoms with Gasteiger partial charge in [0.15, 0.2) is 0 Å². The third-order valence-electron chi connectivity index (χ3n) is 1.56. The van der Waals surface area contributed by atoms with Crippen molar-refractivity contribution in [2.75, 3.05) is 6.54 Å². The van der Waals surface area contributed by atoms with Crippen molar-refractivity contribution in [2.24, 2.45) is 5.92 Å². The summed E-state index contributed by atoms with van der Waals surface area (Å²) < 4.78 is 0. The van der Waals surface area contributed by atoms with Crippen LogP contribution in [0.25, 0.3) is 0 Å². The Morgan fingerprint density at radius 3 is 2.23 bits per heavy atom. The number of hydrogen-bond acceptors (Lipinski definition) is 2. The molecule has 76 valence electrons. The van der Waals surface area contributed by atoms with E-state index in [1.54, 1.807) is 20.8 Å². The maximum Gasteiger partial charge on any atom is 0.326 e. The first kappa shape index (κ1) is 11.7. The van der Waals surface area contributed by atoms with Crippen molar-refractivity contribution >= 4 is 12.0 Å². The molecule has 5 heteroatoms. The molecule has 0 aromatic rings. The Hall–Kier alpha value is -1.26. The Kier molecular flexibility index (Phi) is 4.87. The number of aliphatic carboxylic acids is 1. The summed E-state index contributed by atoms with van der Waals surface area (Å²) in [5, 5.41) is 13.6. The number of amides is 2. The van der Waals surface area contributed by atoms with Gasteiger partial charge in [0.05, 0.1) is 0 Å². The monoisotopic (exact) mass is 188 g/mol. The predicted octanol–water partition coefficient (Wildman–Crippen LogP) is 0.415. The van der Waals surface area contributed by atoms with Crippen molar-refractivity contribution in [2.45, 2.75) is 26.8 Å². The minimum absolute atomic E-state index is 0.125. The fourth-order valence-electron chi connectivity index (χ4n) is 0.866. The van der Waals surface area contributed by atoms with Crippen molar-refractivity contribution in [1.29, 1.82) is 0 Å². The van der Waals surface area contributed by atoms with Gasteiger partial charge in [-0.3, -0.25) is 0 Å². The van der Waals surface area contributed by atoms with Crippen LogP contribution in [0.5, 0.6) is 0 Å². The minimum Gasteiger partial charge on any atom is -0.480 e. The number of carboxylic acid groups (broad SMARTS) is 1. The zero-order valence-electron chi connectivity index (χ0n) is 8.13. The number of carbonyl (C=O) groups excluding carboxylic acids is 1. The van der Waals surface area contributed by atoms with Crippen LogP contribution in [0.15, 0.2) is 0 Å². The zero-order chi connectivity index (χ0) is 10.4. The van der Waals surface area contributed by atoms with E-state index in [9.17, 15) is 9.59 Å². The van der Waals surface area contributed by atoms with E-state index in [-0.39, 0.29) is 5.92 Å². The molecule has 13 heavy (non-hydrogen) atoms. The normalized spacial score (nSPS) is 12.3. The second-order valence-electron chi connectivity index (χ2n) is 3.06. The fourth-order valence-corrected chi connectivity index (χ4v) is 0.866. The van der Waals surface area contributed by atoms with Crippen molar-refractivity contribution < 1.29 is 14.7 Å². The standard InChI is InChI=1S/C8H16N2O3/c1-4-9-8(13)10-6(5(2)3)7(11)12/h5-6H,4H2,1-3H3,(H,11,12)(H2,9,10,13). The second kappa shape index (κ2) is 5.40. The molecule has 3 N–H and O–H groups in total. The second-order valence-corrected chi connectivity index (χ2v) is 3.06. The number of hydrogen-bond donors (Lipinski definition) is 3. The molecule has 0 saturated heterocycles. The molecular weight excluding hydrogens is 172 g/mol. The van der Waals surface area contributed by atoms with Crippen LogP contribution in [-0.2, 0) is 4.79 Å². The highest BCUT2D eigenvalue weighted by molar-refractivity contribution is 5.82. The maximum atomic E-state index is 11.0. The number of carbonyl (C=O) groups is 2. The predicted molar refractivity (Wildman–Crippen MR) is 48.5 cm³/mol. The third kappa shape index (κ3) is 4.35. The smallest absolute Gasteiger partial charge is 0.326 e. The van der Waals surface area contributed by atoms with Gasteiger partial charge in [-0.05, 0) is 12.8 Å². The molecule has 0 aromatic heterocycles.